The molecule has 0 aromatic carbocycles. The molecule has 1 atom stereocenters. The summed E-state index contributed by atoms with van der Waals surface area (Å²) in [7, 11) is 0. The maximum absolute atomic E-state index is 5.36. The second kappa shape index (κ2) is 2.84. The molecule has 2 heterocycles. The summed E-state index contributed by atoms with van der Waals surface area (Å²) in [5.74, 6) is 0. The minimum atomic E-state index is 0.0995. The van der Waals surface area contributed by atoms with Gasteiger partial charge in [0.2, 0.25) is 0 Å². The Kier molecular flexibility index (Phi) is 1.86. The first kappa shape index (κ1) is 6.54. The van der Waals surface area contributed by atoms with Crippen molar-refractivity contribution in [1.29, 1.82) is 0 Å². The van der Waals surface area contributed by atoms with Crippen LogP contribution in [0.3, 0.4) is 0 Å². The smallest absolute Gasteiger partial charge is 0.146 e. The van der Waals surface area contributed by atoms with E-state index in [1.807, 2.05) is 0 Å². The van der Waals surface area contributed by atoms with E-state index in [1.54, 1.807) is 0 Å². The van der Waals surface area contributed by atoms with Crippen LogP contribution in [0.25, 0.3) is 0 Å². The lowest BCUT2D eigenvalue weighted by molar-refractivity contribution is 0.101. The first-order valence-corrected chi connectivity index (χ1v) is 3.66. The molecule has 2 fully saturated rings. The second-order valence-corrected chi connectivity index (χ2v) is 2.47. The highest BCUT2D eigenvalue weighted by Gasteiger charge is 2.28. The van der Waals surface area contributed by atoms with E-state index >= 15 is 0 Å². The molecular weight excluding hydrogens is 130 g/mol. The Bertz CT molecular complexity index is 93.6. The molecule has 4 heteroatoms. The van der Waals surface area contributed by atoms with E-state index in [-0.39, 0.29) is 6.23 Å². The van der Waals surface area contributed by atoms with Gasteiger partial charge in [0, 0.05) is 19.6 Å². The van der Waals surface area contributed by atoms with Crippen LogP contribution in [0.4, 0.5) is 0 Å². The summed E-state index contributed by atoms with van der Waals surface area (Å²) in [4.78, 5) is 0. The van der Waals surface area contributed by atoms with Crippen LogP contribution in [-0.2, 0) is 4.74 Å². The van der Waals surface area contributed by atoms with Crippen molar-refractivity contribution in [2.75, 3.05) is 26.2 Å². The van der Waals surface area contributed by atoms with E-state index in [0.717, 1.165) is 32.4 Å². The number of hydrogen-bond acceptors (Lipinski definition) is 4. The van der Waals surface area contributed by atoms with Crippen molar-refractivity contribution in [1.82, 2.24) is 16.0 Å². The molecule has 57 valence electrons. The van der Waals surface area contributed by atoms with Gasteiger partial charge in [0.25, 0.3) is 0 Å². The fourth-order valence-electron chi connectivity index (χ4n) is 1.25. The van der Waals surface area contributed by atoms with Crippen molar-refractivity contribution in [2.45, 2.75) is 6.23 Å². The summed E-state index contributed by atoms with van der Waals surface area (Å²) in [6, 6.07) is 0. The first-order chi connectivity index (χ1) is 4.97. The Morgan fingerprint density at radius 1 is 1.20 bits per heavy atom. The van der Waals surface area contributed by atoms with E-state index in [1.165, 1.54) is 0 Å². The Hall–Kier alpha value is -0.160. The molecule has 10 heavy (non-hydrogen) atoms. The third-order valence-corrected chi connectivity index (χ3v) is 1.73. The minimum absolute atomic E-state index is 0.0995. The fourth-order valence-corrected chi connectivity index (χ4v) is 1.25. The molecule has 1 unspecified atom stereocenters. The molecule has 2 rings (SSSR count). The van der Waals surface area contributed by atoms with Crippen LogP contribution < -0.4 is 16.0 Å². The maximum Gasteiger partial charge on any atom is 0.146 e. The van der Waals surface area contributed by atoms with Gasteiger partial charge in [0.05, 0.1) is 6.61 Å². The highest BCUT2D eigenvalue weighted by Crippen LogP contribution is 2.07. The molecular formula is C6H12N3O. The number of rotatable bonds is 1. The van der Waals surface area contributed by atoms with Crippen molar-refractivity contribution in [3.8, 4) is 0 Å². The van der Waals surface area contributed by atoms with Crippen LogP contribution in [0.2, 0.25) is 0 Å². The summed E-state index contributed by atoms with van der Waals surface area (Å²) >= 11 is 0. The molecule has 2 saturated heterocycles. The predicted octanol–water partition coefficient (Wildman–Crippen LogP) is -1.39. The zero-order chi connectivity index (χ0) is 6.81. The van der Waals surface area contributed by atoms with Gasteiger partial charge < -0.3 is 4.74 Å². The fraction of sp³-hybridized carbons (Fsp3) is 0.833. The Morgan fingerprint density at radius 3 is 2.60 bits per heavy atom. The van der Waals surface area contributed by atoms with Crippen LogP contribution in [0.5, 0.6) is 0 Å². The average Bonchev–Trinajstić information content (AvgIpc) is 2.59. The normalized spacial score (nSPS) is 35.4. The monoisotopic (exact) mass is 142 g/mol. The molecule has 2 aliphatic heterocycles. The Morgan fingerprint density at radius 2 is 2.00 bits per heavy atom. The van der Waals surface area contributed by atoms with Crippen molar-refractivity contribution >= 4 is 0 Å². The predicted molar refractivity (Wildman–Crippen MR) is 37.0 cm³/mol. The van der Waals surface area contributed by atoms with E-state index < -0.39 is 0 Å². The van der Waals surface area contributed by atoms with Crippen LogP contribution >= 0.6 is 0 Å². The summed E-state index contributed by atoms with van der Waals surface area (Å²) < 4.78 is 5.36. The molecule has 2 aliphatic rings. The summed E-state index contributed by atoms with van der Waals surface area (Å²) in [6.07, 6.45) is 1.19. The molecule has 3 N–H and O–H groups in total. The van der Waals surface area contributed by atoms with Gasteiger partial charge in [0.1, 0.15) is 12.4 Å². The summed E-state index contributed by atoms with van der Waals surface area (Å²) in [5.41, 5.74) is 0. The summed E-state index contributed by atoms with van der Waals surface area (Å²) in [5, 5.41) is 9.65. The molecule has 4 nitrogen and oxygen atoms in total. The van der Waals surface area contributed by atoms with E-state index in [9.17, 15) is 0 Å². The minimum Gasteiger partial charge on any atom is -0.358 e. The Labute approximate surface area is 60.3 Å². The SMILES string of the molecule is C1CN[C](C2NCCO2)N1. The number of nitrogens with one attached hydrogen (secondary N) is 3. The first-order valence-electron chi connectivity index (χ1n) is 3.66. The van der Waals surface area contributed by atoms with E-state index in [2.05, 4.69) is 16.0 Å². The van der Waals surface area contributed by atoms with Crippen molar-refractivity contribution < 1.29 is 4.74 Å². The van der Waals surface area contributed by atoms with Gasteiger partial charge in [-0.1, -0.05) is 0 Å². The van der Waals surface area contributed by atoms with Gasteiger partial charge in [-0.15, -0.1) is 0 Å². The molecule has 0 aromatic rings. The van der Waals surface area contributed by atoms with Gasteiger partial charge in [0.15, 0.2) is 0 Å². The highest BCUT2D eigenvalue weighted by molar-refractivity contribution is 4.97. The molecule has 1 radical (unpaired) electrons. The zero-order valence-electron chi connectivity index (χ0n) is 5.81. The van der Waals surface area contributed by atoms with Crippen molar-refractivity contribution in [3.63, 3.8) is 0 Å². The molecule has 0 amide bonds. The van der Waals surface area contributed by atoms with Gasteiger partial charge in [-0.3, -0.25) is 16.0 Å². The average molecular weight is 142 g/mol. The van der Waals surface area contributed by atoms with Crippen molar-refractivity contribution in [2.24, 2.45) is 0 Å². The van der Waals surface area contributed by atoms with Crippen LogP contribution in [0.15, 0.2) is 0 Å². The summed E-state index contributed by atoms with van der Waals surface area (Å²) in [6.45, 7) is 3.79. The zero-order valence-corrected chi connectivity index (χ0v) is 5.81. The molecule has 0 spiro atoms. The van der Waals surface area contributed by atoms with Crippen LogP contribution in [0, 0.1) is 6.17 Å². The van der Waals surface area contributed by atoms with Crippen LogP contribution in [0.1, 0.15) is 0 Å². The van der Waals surface area contributed by atoms with E-state index in [0.29, 0.717) is 0 Å². The third kappa shape index (κ3) is 1.15. The maximum atomic E-state index is 5.36. The molecule has 0 bridgehead atoms. The standard InChI is InChI=1S/C6H12N3O/c1-2-8-5(7-1)6-9-3-4-10-6/h6-9H,1-4H2. The largest absolute Gasteiger partial charge is 0.358 e. The molecule has 0 saturated carbocycles. The number of ether oxygens (including phenoxy) is 1. The van der Waals surface area contributed by atoms with Gasteiger partial charge in [-0.25, -0.2) is 0 Å². The number of hydrogen-bond donors (Lipinski definition) is 3. The lowest BCUT2D eigenvalue weighted by atomic mass is 10.4. The van der Waals surface area contributed by atoms with Gasteiger partial charge in [-0.05, 0) is 0 Å². The molecule has 0 aliphatic carbocycles. The lowest BCUT2D eigenvalue weighted by Crippen LogP contribution is -2.40. The van der Waals surface area contributed by atoms with Crippen molar-refractivity contribution in [3.05, 3.63) is 6.17 Å². The Balaban J connectivity index is 1.85. The molecule has 0 aromatic heterocycles. The van der Waals surface area contributed by atoms with E-state index in [4.69, 9.17) is 4.74 Å². The second-order valence-electron chi connectivity index (χ2n) is 2.47. The third-order valence-electron chi connectivity index (χ3n) is 1.73. The lowest BCUT2D eigenvalue weighted by Gasteiger charge is -2.16. The van der Waals surface area contributed by atoms with Gasteiger partial charge >= 0.3 is 0 Å². The topological polar surface area (TPSA) is 45.3 Å². The van der Waals surface area contributed by atoms with Gasteiger partial charge in [-0.2, -0.15) is 0 Å². The van der Waals surface area contributed by atoms with Crippen LogP contribution in [-0.4, -0.2) is 32.5 Å². The quantitative estimate of drug-likeness (QED) is 0.422. The highest BCUT2D eigenvalue weighted by atomic mass is 16.5.